The van der Waals surface area contributed by atoms with E-state index in [9.17, 15) is 9.18 Å². The Bertz CT molecular complexity index is 766. The van der Waals surface area contributed by atoms with E-state index in [1.807, 2.05) is 18.2 Å². The van der Waals surface area contributed by atoms with Crippen LogP contribution in [0.4, 0.5) is 4.39 Å². The lowest BCUT2D eigenvalue weighted by Gasteiger charge is -2.05. The Morgan fingerprint density at radius 2 is 1.83 bits per heavy atom. The summed E-state index contributed by atoms with van der Waals surface area (Å²) in [7, 11) is 0. The third-order valence-electron chi connectivity index (χ3n) is 2.75. The van der Waals surface area contributed by atoms with Crippen LogP contribution in [0, 0.1) is 5.82 Å². The van der Waals surface area contributed by atoms with Gasteiger partial charge >= 0.3 is 0 Å². The van der Waals surface area contributed by atoms with E-state index in [0.717, 1.165) is 0 Å². The molecular formula is C14H9FN2O. The Labute approximate surface area is 102 Å². The monoisotopic (exact) mass is 240 g/mol. The zero-order valence-corrected chi connectivity index (χ0v) is 9.38. The van der Waals surface area contributed by atoms with Crippen molar-refractivity contribution >= 4 is 10.8 Å². The number of halogens is 1. The van der Waals surface area contributed by atoms with E-state index in [4.69, 9.17) is 0 Å². The lowest BCUT2D eigenvalue weighted by molar-refractivity contribution is 0.629. The summed E-state index contributed by atoms with van der Waals surface area (Å²) in [5.74, 6) is -0.426. The molecule has 0 bridgehead atoms. The van der Waals surface area contributed by atoms with E-state index in [-0.39, 0.29) is 5.56 Å². The van der Waals surface area contributed by atoms with E-state index in [1.165, 1.54) is 16.8 Å². The number of benzene rings is 2. The lowest BCUT2D eigenvalue weighted by Crippen LogP contribution is -2.20. The minimum absolute atomic E-state index is 0.321. The highest BCUT2D eigenvalue weighted by Gasteiger charge is 2.06. The zero-order valence-electron chi connectivity index (χ0n) is 9.38. The van der Waals surface area contributed by atoms with Crippen molar-refractivity contribution in [2.45, 2.75) is 0 Å². The molecule has 4 heteroatoms. The van der Waals surface area contributed by atoms with Gasteiger partial charge in [0.15, 0.2) is 0 Å². The van der Waals surface area contributed by atoms with Gasteiger partial charge in [0.1, 0.15) is 5.82 Å². The second kappa shape index (κ2) is 4.07. The van der Waals surface area contributed by atoms with Crippen molar-refractivity contribution in [1.29, 1.82) is 0 Å². The first-order chi connectivity index (χ1) is 8.75. The van der Waals surface area contributed by atoms with Gasteiger partial charge in [-0.15, -0.1) is 0 Å². The molecule has 0 fully saturated rings. The molecule has 0 aliphatic heterocycles. The highest BCUT2D eigenvalue weighted by atomic mass is 19.1. The molecular weight excluding hydrogens is 231 g/mol. The summed E-state index contributed by atoms with van der Waals surface area (Å²) < 4.78 is 14.4. The molecule has 0 atom stereocenters. The molecule has 0 unspecified atom stereocenters. The van der Waals surface area contributed by atoms with Crippen LogP contribution in [0.3, 0.4) is 0 Å². The van der Waals surface area contributed by atoms with Gasteiger partial charge in [0.25, 0.3) is 5.56 Å². The van der Waals surface area contributed by atoms with Gasteiger partial charge in [-0.2, -0.15) is 9.78 Å². The largest absolute Gasteiger partial charge is 0.279 e. The molecule has 0 saturated carbocycles. The van der Waals surface area contributed by atoms with Crippen molar-refractivity contribution in [3.8, 4) is 5.69 Å². The number of aromatic nitrogens is 2. The Morgan fingerprint density at radius 1 is 1.06 bits per heavy atom. The van der Waals surface area contributed by atoms with E-state index in [1.54, 1.807) is 24.4 Å². The third kappa shape index (κ3) is 1.68. The Hall–Kier alpha value is -2.49. The first-order valence-corrected chi connectivity index (χ1v) is 5.49. The van der Waals surface area contributed by atoms with E-state index >= 15 is 0 Å². The molecule has 0 N–H and O–H groups in total. The molecule has 0 amide bonds. The van der Waals surface area contributed by atoms with Crippen molar-refractivity contribution in [2.24, 2.45) is 0 Å². The molecule has 0 radical (unpaired) electrons. The van der Waals surface area contributed by atoms with E-state index in [0.29, 0.717) is 16.5 Å². The Morgan fingerprint density at radius 3 is 2.61 bits per heavy atom. The van der Waals surface area contributed by atoms with Crippen LogP contribution in [0.2, 0.25) is 0 Å². The van der Waals surface area contributed by atoms with Crippen LogP contribution in [0.1, 0.15) is 0 Å². The van der Waals surface area contributed by atoms with E-state index in [2.05, 4.69) is 5.10 Å². The van der Waals surface area contributed by atoms with Crippen LogP contribution >= 0.6 is 0 Å². The Balaban J connectivity index is 2.33. The lowest BCUT2D eigenvalue weighted by atomic mass is 10.2. The SMILES string of the molecule is O=c1c2cc(F)ccc2cnn1-c1ccccc1. The van der Waals surface area contributed by atoms with Crippen molar-refractivity contribution in [3.05, 3.63) is 70.9 Å². The molecule has 0 aliphatic carbocycles. The first-order valence-electron chi connectivity index (χ1n) is 5.49. The van der Waals surface area contributed by atoms with Crippen LogP contribution in [-0.2, 0) is 0 Å². The topological polar surface area (TPSA) is 34.9 Å². The highest BCUT2D eigenvalue weighted by molar-refractivity contribution is 5.80. The van der Waals surface area contributed by atoms with Gasteiger partial charge in [0.2, 0.25) is 0 Å². The second-order valence-corrected chi connectivity index (χ2v) is 3.93. The molecule has 3 nitrogen and oxygen atoms in total. The summed E-state index contributed by atoms with van der Waals surface area (Å²) in [4.78, 5) is 12.2. The van der Waals surface area contributed by atoms with Crippen molar-refractivity contribution in [1.82, 2.24) is 9.78 Å². The normalized spacial score (nSPS) is 10.7. The first kappa shape index (κ1) is 10.7. The molecule has 1 aromatic heterocycles. The van der Waals surface area contributed by atoms with Gasteiger partial charge in [-0.25, -0.2) is 4.39 Å². The summed E-state index contributed by atoms with van der Waals surface area (Å²) in [6, 6.07) is 13.1. The number of rotatable bonds is 1. The molecule has 18 heavy (non-hydrogen) atoms. The summed E-state index contributed by atoms with van der Waals surface area (Å²) in [5, 5.41) is 5.05. The number of para-hydroxylation sites is 1. The standard InChI is InChI=1S/C14H9FN2O/c15-11-7-6-10-9-16-17(14(18)13(10)8-11)12-4-2-1-3-5-12/h1-9H. The van der Waals surface area contributed by atoms with E-state index < -0.39 is 5.82 Å². The fraction of sp³-hybridized carbons (Fsp3) is 0. The third-order valence-corrected chi connectivity index (χ3v) is 2.75. The summed E-state index contributed by atoms with van der Waals surface area (Å²) >= 11 is 0. The minimum atomic E-state index is -0.426. The van der Waals surface area contributed by atoms with Gasteiger partial charge in [0, 0.05) is 5.39 Å². The molecule has 0 spiro atoms. The molecule has 0 aliphatic rings. The molecule has 3 rings (SSSR count). The zero-order chi connectivity index (χ0) is 12.5. The van der Waals surface area contributed by atoms with Crippen LogP contribution in [-0.4, -0.2) is 9.78 Å². The number of hydrogen-bond donors (Lipinski definition) is 0. The maximum absolute atomic E-state index is 13.2. The Kier molecular flexibility index (Phi) is 2.41. The summed E-state index contributed by atoms with van der Waals surface area (Å²) in [6.45, 7) is 0. The average Bonchev–Trinajstić information content (AvgIpc) is 2.41. The number of hydrogen-bond acceptors (Lipinski definition) is 2. The highest BCUT2D eigenvalue weighted by Crippen LogP contribution is 2.11. The summed E-state index contributed by atoms with van der Waals surface area (Å²) in [5.41, 5.74) is 0.340. The molecule has 2 aromatic carbocycles. The van der Waals surface area contributed by atoms with Crippen molar-refractivity contribution in [2.75, 3.05) is 0 Å². The predicted octanol–water partition coefficient (Wildman–Crippen LogP) is 2.52. The van der Waals surface area contributed by atoms with Gasteiger partial charge in [-0.1, -0.05) is 18.2 Å². The number of nitrogens with zero attached hydrogens (tertiary/aromatic N) is 2. The van der Waals surface area contributed by atoms with Gasteiger partial charge in [0.05, 0.1) is 17.3 Å². The maximum atomic E-state index is 13.2. The quantitative estimate of drug-likeness (QED) is 0.655. The summed E-state index contributed by atoms with van der Waals surface area (Å²) in [6.07, 6.45) is 1.56. The van der Waals surface area contributed by atoms with Gasteiger partial charge < -0.3 is 0 Å². The van der Waals surface area contributed by atoms with Crippen molar-refractivity contribution in [3.63, 3.8) is 0 Å². The predicted molar refractivity (Wildman–Crippen MR) is 67.3 cm³/mol. The van der Waals surface area contributed by atoms with Crippen LogP contribution in [0.25, 0.3) is 16.5 Å². The van der Waals surface area contributed by atoms with Crippen LogP contribution < -0.4 is 5.56 Å². The molecule has 88 valence electrons. The second-order valence-electron chi connectivity index (χ2n) is 3.93. The van der Waals surface area contributed by atoms with Gasteiger partial charge in [-0.3, -0.25) is 4.79 Å². The van der Waals surface area contributed by atoms with Crippen LogP contribution in [0.15, 0.2) is 59.5 Å². The minimum Gasteiger partial charge on any atom is -0.267 e. The fourth-order valence-corrected chi connectivity index (χ4v) is 1.87. The molecule has 3 aromatic rings. The fourth-order valence-electron chi connectivity index (χ4n) is 1.87. The van der Waals surface area contributed by atoms with Crippen molar-refractivity contribution < 1.29 is 4.39 Å². The van der Waals surface area contributed by atoms with Crippen LogP contribution in [0.5, 0.6) is 0 Å². The number of fused-ring (bicyclic) bond motifs is 1. The average molecular weight is 240 g/mol. The molecule has 1 heterocycles. The van der Waals surface area contributed by atoms with Gasteiger partial charge in [-0.05, 0) is 30.3 Å². The smallest absolute Gasteiger partial charge is 0.267 e. The molecule has 0 saturated heterocycles. The maximum Gasteiger partial charge on any atom is 0.279 e.